The number of aromatic nitrogens is 5. The van der Waals surface area contributed by atoms with Crippen molar-refractivity contribution in [3.63, 3.8) is 0 Å². The number of rotatable bonds is 6. The zero-order valence-corrected chi connectivity index (χ0v) is 25.6. The summed E-state index contributed by atoms with van der Waals surface area (Å²) in [5, 5.41) is 0.413. The lowest BCUT2D eigenvalue weighted by Crippen LogP contribution is -1.97. The van der Waals surface area contributed by atoms with Crippen molar-refractivity contribution in [2.75, 3.05) is 0 Å². The number of nitrogens with zero attached hydrogens (tertiary/aromatic N) is 5. The van der Waals surface area contributed by atoms with Crippen LogP contribution in [-0.4, -0.2) is 24.9 Å². The molecule has 0 fully saturated rings. The van der Waals surface area contributed by atoms with Crippen molar-refractivity contribution in [2.45, 2.75) is 0 Å². The molecule has 5 aromatic carbocycles. The highest BCUT2D eigenvalue weighted by Crippen LogP contribution is 2.31. The van der Waals surface area contributed by atoms with E-state index in [9.17, 15) is 0 Å². The Morgan fingerprint density at radius 3 is 1.34 bits per heavy atom. The van der Waals surface area contributed by atoms with Gasteiger partial charge in [-0.2, -0.15) is 0 Å². The van der Waals surface area contributed by atoms with Gasteiger partial charge in [0.2, 0.25) is 4.73 Å². The van der Waals surface area contributed by atoms with E-state index in [0.29, 0.717) is 27.4 Å². The van der Waals surface area contributed by atoms with Crippen LogP contribution in [0.2, 0.25) is 5.15 Å². The van der Waals surface area contributed by atoms with E-state index in [1.165, 1.54) is 0 Å². The number of hydrogen-bond acceptors (Lipinski definition) is 5. The van der Waals surface area contributed by atoms with Gasteiger partial charge in [-0.15, -0.1) is 0 Å². The lowest BCUT2D eigenvalue weighted by Gasteiger charge is -2.09. The Morgan fingerprint density at radius 1 is 0.364 bits per heavy atom. The van der Waals surface area contributed by atoms with E-state index in [0.717, 1.165) is 50.2 Å². The lowest BCUT2D eigenvalue weighted by atomic mass is 9.97. The van der Waals surface area contributed by atoms with Gasteiger partial charge in [0.1, 0.15) is 5.15 Å². The smallest absolute Gasteiger partial charge is 0.200 e. The van der Waals surface area contributed by atoms with Crippen LogP contribution in [0.3, 0.4) is 0 Å². The summed E-state index contributed by atoms with van der Waals surface area (Å²) < 4.78 is 0.503. The molecule has 7 heteroatoms. The molecule has 0 saturated carbocycles. The van der Waals surface area contributed by atoms with E-state index in [1.54, 1.807) is 6.07 Å². The predicted octanol–water partition coefficient (Wildman–Crippen LogP) is 10.1. The second-order valence-electron chi connectivity index (χ2n) is 10.1. The predicted molar refractivity (Wildman–Crippen MR) is 181 cm³/mol. The van der Waals surface area contributed by atoms with Crippen LogP contribution in [0.15, 0.2) is 144 Å². The van der Waals surface area contributed by atoms with Gasteiger partial charge in [0, 0.05) is 28.3 Å². The summed E-state index contributed by atoms with van der Waals surface area (Å²) in [6, 6.07) is 46.7. The Bertz CT molecular complexity index is 1920. The van der Waals surface area contributed by atoms with Gasteiger partial charge in [-0.3, -0.25) is 0 Å². The minimum Gasteiger partial charge on any atom is -0.228 e. The van der Waals surface area contributed by atoms with E-state index in [1.807, 2.05) is 72.8 Å². The molecular weight excluding hydrogens is 630 g/mol. The number of halogens is 2. The van der Waals surface area contributed by atoms with Crippen LogP contribution in [0.25, 0.3) is 67.7 Å². The SMILES string of the molecule is Clc1cc(-c2ccc(-c3cccc(-c4ccc(-c5nc(Br)nc(-c6ccccc6)n5)cc4)c3)cc2)nc(-c2ccccc2)n1. The van der Waals surface area contributed by atoms with Crippen LogP contribution in [0, 0.1) is 0 Å². The van der Waals surface area contributed by atoms with Crippen LogP contribution >= 0.6 is 27.5 Å². The fraction of sp³-hybridized carbons (Fsp3) is 0. The van der Waals surface area contributed by atoms with E-state index >= 15 is 0 Å². The Kier molecular flexibility index (Phi) is 7.76. The van der Waals surface area contributed by atoms with Crippen molar-refractivity contribution in [3.8, 4) is 67.7 Å². The van der Waals surface area contributed by atoms with Crippen molar-refractivity contribution in [3.05, 3.63) is 149 Å². The Balaban J connectivity index is 1.13. The first-order chi connectivity index (χ1) is 21.6. The molecule has 0 aliphatic heterocycles. The molecule has 44 heavy (non-hydrogen) atoms. The van der Waals surface area contributed by atoms with Gasteiger partial charge in [0.15, 0.2) is 17.5 Å². The molecule has 210 valence electrons. The summed E-state index contributed by atoms with van der Waals surface area (Å²) in [6.45, 7) is 0. The molecular formula is C37H23BrClN5. The summed E-state index contributed by atoms with van der Waals surface area (Å²) in [5.41, 5.74) is 9.00. The summed E-state index contributed by atoms with van der Waals surface area (Å²) >= 11 is 9.82. The minimum absolute atomic E-state index is 0.413. The van der Waals surface area contributed by atoms with E-state index in [4.69, 9.17) is 21.6 Å². The summed E-state index contributed by atoms with van der Waals surface area (Å²) in [6.07, 6.45) is 0. The Hall–Kier alpha value is -5.04. The molecule has 5 nitrogen and oxygen atoms in total. The van der Waals surface area contributed by atoms with Gasteiger partial charge in [-0.05, 0) is 44.3 Å². The third-order valence-corrected chi connectivity index (χ3v) is 7.77. The van der Waals surface area contributed by atoms with Gasteiger partial charge in [0.25, 0.3) is 0 Å². The third-order valence-electron chi connectivity index (χ3n) is 7.22. The summed E-state index contributed by atoms with van der Waals surface area (Å²) in [4.78, 5) is 22.9. The maximum absolute atomic E-state index is 6.37. The minimum atomic E-state index is 0.413. The number of hydrogen-bond donors (Lipinski definition) is 0. The molecule has 0 amide bonds. The lowest BCUT2D eigenvalue weighted by molar-refractivity contribution is 1.03. The van der Waals surface area contributed by atoms with Crippen LogP contribution in [0.5, 0.6) is 0 Å². The first kappa shape index (κ1) is 27.8. The molecule has 0 aliphatic rings. The highest BCUT2D eigenvalue weighted by Gasteiger charge is 2.11. The first-order valence-corrected chi connectivity index (χ1v) is 15.1. The zero-order chi connectivity index (χ0) is 29.9. The molecule has 2 aromatic heterocycles. The number of benzene rings is 5. The first-order valence-electron chi connectivity index (χ1n) is 14.0. The van der Waals surface area contributed by atoms with Crippen molar-refractivity contribution in [1.29, 1.82) is 0 Å². The second kappa shape index (κ2) is 12.3. The second-order valence-corrected chi connectivity index (χ2v) is 11.2. The van der Waals surface area contributed by atoms with Crippen LogP contribution < -0.4 is 0 Å². The average molecular weight is 653 g/mol. The highest BCUT2D eigenvalue weighted by atomic mass is 79.9. The molecule has 0 radical (unpaired) electrons. The Labute approximate surface area is 268 Å². The molecule has 0 N–H and O–H groups in total. The van der Waals surface area contributed by atoms with Crippen molar-refractivity contribution in [1.82, 2.24) is 24.9 Å². The normalized spacial score (nSPS) is 11.0. The largest absolute Gasteiger partial charge is 0.228 e. The van der Waals surface area contributed by atoms with Crippen LogP contribution in [-0.2, 0) is 0 Å². The van der Waals surface area contributed by atoms with Gasteiger partial charge in [-0.1, -0.05) is 139 Å². The van der Waals surface area contributed by atoms with E-state index in [2.05, 4.69) is 91.5 Å². The van der Waals surface area contributed by atoms with Crippen molar-refractivity contribution >= 4 is 27.5 Å². The van der Waals surface area contributed by atoms with Crippen molar-refractivity contribution in [2.24, 2.45) is 0 Å². The maximum Gasteiger partial charge on any atom is 0.200 e. The van der Waals surface area contributed by atoms with Crippen LogP contribution in [0.1, 0.15) is 0 Å². The zero-order valence-electron chi connectivity index (χ0n) is 23.3. The van der Waals surface area contributed by atoms with Crippen molar-refractivity contribution < 1.29 is 0 Å². The van der Waals surface area contributed by atoms with Gasteiger partial charge in [-0.25, -0.2) is 24.9 Å². The molecule has 7 rings (SSSR count). The topological polar surface area (TPSA) is 64.5 Å². The molecule has 0 bridgehead atoms. The monoisotopic (exact) mass is 651 g/mol. The average Bonchev–Trinajstić information content (AvgIpc) is 3.09. The van der Waals surface area contributed by atoms with Gasteiger partial charge in [0.05, 0.1) is 5.69 Å². The summed E-state index contributed by atoms with van der Waals surface area (Å²) in [5.74, 6) is 1.85. The summed E-state index contributed by atoms with van der Waals surface area (Å²) in [7, 11) is 0. The molecule has 0 unspecified atom stereocenters. The standard InChI is InChI=1S/C37H23BrClN5/c38-37-43-35(28-10-5-2-6-11-28)42-36(44-37)29-20-16-25(17-21-29)31-13-7-12-30(22-31)24-14-18-26(19-15-24)32-23-33(39)41-34(40-32)27-8-3-1-4-9-27/h1-23H. The van der Waals surface area contributed by atoms with E-state index < -0.39 is 0 Å². The molecule has 0 saturated heterocycles. The third kappa shape index (κ3) is 6.04. The van der Waals surface area contributed by atoms with Gasteiger partial charge >= 0.3 is 0 Å². The Morgan fingerprint density at radius 2 is 0.795 bits per heavy atom. The highest BCUT2D eigenvalue weighted by molar-refractivity contribution is 9.10. The van der Waals surface area contributed by atoms with E-state index in [-0.39, 0.29) is 0 Å². The van der Waals surface area contributed by atoms with Crippen LogP contribution in [0.4, 0.5) is 0 Å². The fourth-order valence-corrected chi connectivity index (χ4v) is 5.52. The maximum atomic E-state index is 6.37. The molecule has 2 heterocycles. The molecule has 0 atom stereocenters. The van der Waals surface area contributed by atoms with Gasteiger partial charge < -0.3 is 0 Å². The molecule has 7 aromatic rings. The molecule has 0 aliphatic carbocycles. The fourth-order valence-electron chi connectivity index (χ4n) is 5.00. The quantitative estimate of drug-likeness (QED) is 0.167. The molecule has 0 spiro atoms.